The van der Waals surface area contributed by atoms with E-state index in [0.29, 0.717) is 43.5 Å². The molecule has 0 aliphatic heterocycles. The van der Waals surface area contributed by atoms with Crippen molar-refractivity contribution in [1.29, 1.82) is 0 Å². The molecule has 0 saturated carbocycles. The number of methoxy groups -OCH3 is 1. The second kappa shape index (κ2) is 9.95. The molecule has 0 heterocycles. The topological polar surface area (TPSA) is 54.0 Å². The van der Waals surface area contributed by atoms with Crippen LogP contribution < -0.4 is 14.2 Å². The van der Waals surface area contributed by atoms with Gasteiger partial charge in [-0.2, -0.15) is 0 Å². The van der Waals surface area contributed by atoms with Crippen LogP contribution in [0.5, 0.6) is 17.2 Å². The summed E-state index contributed by atoms with van der Waals surface area (Å²) >= 11 is 3.37. The molecule has 2 aromatic rings. The molecule has 6 heteroatoms. The van der Waals surface area contributed by atoms with E-state index in [1.807, 2.05) is 24.3 Å². The summed E-state index contributed by atoms with van der Waals surface area (Å²) in [7, 11) is 1.53. The van der Waals surface area contributed by atoms with E-state index in [4.69, 9.17) is 18.9 Å². The minimum Gasteiger partial charge on any atom is -0.493 e. The number of aldehydes is 1. The van der Waals surface area contributed by atoms with Crippen molar-refractivity contribution in [3.8, 4) is 17.2 Å². The maximum absolute atomic E-state index is 10.7. The molecule has 0 spiro atoms. The number of ether oxygens (including phenoxy) is 4. The number of benzene rings is 2. The van der Waals surface area contributed by atoms with E-state index in [1.165, 1.54) is 7.11 Å². The first kappa shape index (κ1) is 18.3. The van der Waals surface area contributed by atoms with E-state index in [1.54, 1.807) is 18.2 Å². The molecule has 0 aliphatic rings. The van der Waals surface area contributed by atoms with Gasteiger partial charge in [-0.25, -0.2) is 0 Å². The van der Waals surface area contributed by atoms with Gasteiger partial charge < -0.3 is 18.9 Å². The molecule has 128 valence electrons. The zero-order valence-corrected chi connectivity index (χ0v) is 15.0. The highest BCUT2D eigenvalue weighted by molar-refractivity contribution is 9.10. The lowest BCUT2D eigenvalue weighted by atomic mass is 10.2. The van der Waals surface area contributed by atoms with Crippen molar-refractivity contribution in [3.63, 3.8) is 0 Å². The number of rotatable bonds is 10. The molecule has 5 nitrogen and oxygen atoms in total. The Hall–Kier alpha value is -2.05. The van der Waals surface area contributed by atoms with Crippen LogP contribution in [0.2, 0.25) is 0 Å². The molecular weight excluding hydrogens is 376 g/mol. The van der Waals surface area contributed by atoms with Gasteiger partial charge in [0.25, 0.3) is 0 Å². The number of hydrogen-bond donors (Lipinski definition) is 0. The molecule has 0 saturated heterocycles. The second-order valence-electron chi connectivity index (χ2n) is 4.79. The fourth-order valence-electron chi connectivity index (χ4n) is 1.94. The Morgan fingerprint density at radius 1 is 0.917 bits per heavy atom. The Bertz CT molecular complexity index is 642. The first-order chi connectivity index (χ1) is 11.7. The number of hydrogen-bond acceptors (Lipinski definition) is 5. The molecule has 0 radical (unpaired) electrons. The van der Waals surface area contributed by atoms with Crippen molar-refractivity contribution in [1.82, 2.24) is 0 Å². The number of halogens is 1. The van der Waals surface area contributed by atoms with Crippen molar-refractivity contribution in [3.05, 3.63) is 52.5 Å². The van der Waals surface area contributed by atoms with Gasteiger partial charge in [0.15, 0.2) is 11.5 Å². The highest BCUT2D eigenvalue weighted by atomic mass is 79.9. The maximum atomic E-state index is 10.7. The fourth-order valence-corrected chi connectivity index (χ4v) is 2.20. The number of carbonyl (C=O) groups is 1. The molecule has 0 fully saturated rings. The SMILES string of the molecule is COc1cc(C=O)ccc1OCCOCCOc1ccc(Br)cc1. The zero-order valence-electron chi connectivity index (χ0n) is 13.4. The zero-order chi connectivity index (χ0) is 17.2. The van der Waals surface area contributed by atoms with Crippen LogP contribution in [0.1, 0.15) is 10.4 Å². The Balaban J connectivity index is 1.63. The van der Waals surface area contributed by atoms with E-state index in [9.17, 15) is 4.79 Å². The Kier molecular flexibility index (Phi) is 7.58. The van der Waals surface area contributed by atoms with Crippen molar-refractivity contribution >= 4 is 22.2 Å². The normalized spacial score (nSPS) is 10.2. The molecule has 2 rings (SSSR count). The van der Waals surface area contributed by atoms with E-state index >= 15 is 0 Å². The van der Waals surface area contributed by atoms with Crippen LogP contribution in [0.4, 0.5) is 0 Å². The lowest BCUT2D eigenvalue weighted by Gasteiger charge is -2.11. The molecule has 0 bridgehead atoms. The van der Waals surface area contributed by atoms with Crippen LogP contribution in [0.15, 0.2) is 46.9 Å². The van der Waals surface area contributed by atoms with E-state index in [0.717, 1.165) is 16.5 Å². The maximum Gasteiger partial charge on any atom is 0.161 e. The fraction of sp³-hybridized carbons (Fsp3) is 0.278. The predicted molar refractivity (Wildman–Crippen MR) is 94.3 cm³/mol. The van der Waals surface area contributed by atoms with Crippen LogP contribution in [0.3, 0.4) is 0 Å². The van der Waals surface area contributed by atoms with Gasteiger partial charge in [-0.05, 0) is 42.5 Å². The lowest BCUT2D eigenvalue weighted by Crippen LogP contribution is -2.12. The first-order valence-corrected chi connectivity index (χ1v) is 8.24. The van der Waals surface area contributed by atoms with Crippen LogP contribution in [0.25, 0.3) is 0 Å². The van der Waals surface area contributed by atoms with Crippen molar-refractivity contribution in [2.75, 3.05) is 33.5 Å². The highest BCUT2D eigenvalue weighted by Gasteiger charge is 2.05. The molecule has 0 atom stereocenters. The molecule has 0 amide bonds. The summed E-state index contributed by atoms with van der Waals surface area (Å²) in [5.74, 6) is 1.91. The minimum absolute atomic E-state index is 0.384. The first-order valence-electron chi connectivity index (χ1n) is 7.45. The highest BCUT2D eigenvalue weighted by Crippen LogP contribution is 2.27. The van der Waals surface area contributed by atoms with Gasteiger partial charge in [-0.1, -0.05) is 15.9 Å². The van der Waals surface area contributed by atoms with Gasteiger partial charge >= 0.3 is 0 Å². The van der Waals surface area contributed by atoms with Crippen molar-refractivity contribution < 1.29 is 23.7 Å². The van der Waals surface area contributed by atoms with Crippen LogP contribution in [-0.4, -0.2) is 39.8 Å². The average molecular weight is 395 g/mol. The third kappa shape index (κ3) is 5.86. The summed E-state index contributed by atoms with van der Waals surface area (Å²) in [5, 5.41) is 0. The summed E-state index contributed by atoms with van der Waals surface area (Å²) in [4.78, 5) is 10.7. The monoisotopic (exact) mass is 394 g/mol. The molecule has 2 aromatic carbocycles. The molecule has 24 heavy (non-hydrogen) atoms. The summed E-state index contributed by atoms with van der Waals surface area (Å²) in [6.07, 6.45) is 0.765. The standard InChI is InChI=1S/C18H19BrO5/c1-21-18-12-14(13-20)2-7-17(18)24-11-9-22-8-10-23-16-5-3-15(19)4-6-16/h2-7,12-13H,8-11H2,1H3. The Morgan fingerprint density at radius 3 is 2.29 bits per heavy atom. The smallest absolute Gasteiger partial charge is 0.161 e. The molecule has 0 unspecified atom stereocenters. The molecule has 0 aromatic heterocycles. The summed E-state index contributed by atoms with van der Waals surface area (Å²) in [6, 6.07) is 12.7. The lowest BCUT2D eigenvalue weighted by molar-refractivity contribution is 0.0757. The predicted octanol–water partition coefficient (Wildman–Crippen LogP) is 3.74. The minimum atomic E-state index is 0.384. The largest absolute Gasteiger partial charge is 0.493 e. The van der Waals surface area contributed by atoms with Crippen molar-refractivity contribution in [2.45, 2.75) is 0 Å². The second-order valence-corrected chi connectivity index (χ2v) is 5.71. The summed E-state index contributed by atoms with van der Waals surface area (Å²) in [6.45, 7) is 1.76. The quantitative estimate of drug-likeness (QED) is 0.453. The van der Waals surface area contributed by atoms with Gasteiger partial charge in [-0.15, -0.1) is 0 Å². The summed E-state index contributed by atoms with van der Waals surface area (Å²) < 4.78 is 22.8. The van der Waals surface area contributed by atoms with Gasteiger partial charge in [0.05, 0.1) is 20.3 Å². The number of carbonyl (C=O) groups excluding carboxylic acids is 1. The van der Waals surface area contributed by atoms with Crippen LogP contribution in [-0.2, 0) is 4.74 Å². The van der Waals surface area contributed by atoms with Gasteiger partial charge in [0, 0.05) is 10.0 Å². The molecule has 0 aliphatic carbocycles. The average Bonchev–Trinajstić information content (AvgIpc) is 2.62. The van der Waals surface area contributed by atoms with Crippen LogP contribution in [0, 0.1) is 0 Å². The van der Waals surface area contributed by atoms with E-state index in [-0.39, 0.29) is 0 Å². The molecular formula is C18H19BrO5. The third-order valence-corrected chi connectivity index (χ3v) is 3.65. The van der Waals surface area contributed by atoms with Crippen LogP contribution >= 0.6 is 15.9 Å². The van der Waals surface area contributed by atoms with Gasteiger partial charge in [0.2, 0.25) is 0 Å². The van der Waals surface area contributed by atoms with E-state index in [2.05, 4.69) is 15.9 Å². The summed E-state index contributed by atoms with van der Waals surface area (Å²) in [5.41, 5.74) is 0.542. The molecule has 0 N–H and O–H groups in total. The Labute approximate surface area is 149 Å². The van der Waals surface area contributed by atoms with Crippen molar-refractivity contribution in [2.24, 2.45) is 0 Å². The van der Waals surface area contributed by atoms with Gasteiger partial charge in [-0.3, -0.25) is 4.79 Å². The van der Waals surface area contributed by atoms with E-state index < -0.39 is 0 Å². The Morgan fingerprint density at radius 2 is 1.62 bits per heavy atom. The third-order valence-electron chi connectivity index (χ3n) is 3.12. The van der Waals surface area contributed by atoms with Gasteiger partial charge in [0.1, 0.15) is 25.2 Å².